The average molecular weight is 449 g/mol. The van der Waals surface area contributed by atoms with Crippen LogP contribution in [0.4, 0.5) is 14.5 Å². The van der Waals surface area contributed by atoms with Gasteiger partial charge in [-0.05, 0) is 73.5 Å². The number of carbonyl (C=O) groups excluding carboxylic acids is 2. The molecule has 0 bridgehead atoms. The van der Waals surface area contributed by atoms with E-state index < -0.39 is 29.4 Å². The summed E-state index contributed by atoms with van der Waals surface area (Å²) in [5.74, 6) is -2.67. The van der Waals surface area contributed by atoms with Gasteiger partial charge in [0.1, 0.15) is 23.1 Å². The molecule has 1 atom stereocenters. The van der Waals surface area contributed by atoms with Gasteiger partial charge in [0.05, 0.1) is 18.2 Å². The van der Waals surface area contributed by atoms with E-state index in [1.165, 1.54) is 42.5 Å². The quantitative estimate of drug-likeness (QED) is 0.326. The minimum atomic E-state index is -1.07. The zero-order valence-electron chi connectivity index (χ0n) is 18.0. The van der Waals surface area contributed by atoms with Crippen molar-refractivity contribution >= 4 is 23.1 Å². The van der Waals surface area contributed by atoms with E-state index in [2.05, 4.69) is 0 Å². The van der Waals surface area contributed by atoms with Crippen LogP contribution in [-0.4, -0.2) is 23.4 Å². The van der Waals surface area contributed by atoms with Gasteiger partial charge < -0.3 is 9.84 Å². The number of hydrogen-bond donors (Lipinski definition) is 1. The Morgan fingerprint density at radius 1 is 1.00 bits per heavy atom. The molecule has 3 aromatic rings. The number of rotatable bonds is 5. The van der Waals surface area contributed by atoms with Crippen LogP contribution in [0.1, 0.15) is 29.7 Å². The van der Waals surface area contributed by atoms with Crippen molar-refractivity contribution in [3.8, 4) is 5.75 Å². The maximum absolute atomic E-state index is 13.9. The Morgan fingerprint density at radius 2 is 1.73 bits per heavy atom. The lowest BCUT2D eigenvalue weighted by Gasteiger charge is -2.25. The maximum atomic E-state index is 13.9. The van der Waals surface area contributed by atoms with Crippen LogP contribution in [0.15, 0.2) is 72.3 Å². The predicted molar refractivity (Wildman–Crippen MR) is 120 cm³/mol. The molecule has 168 valence electrons. The molecule has 1 N–H and O–H groups in total. The normalized spacial score (nSPS) is 17.5. The predicted octanol–water partition coefficient (Wildman–Crippen LogP) is 5.30. The molecule has 1 aliphatic rings. The number of nitrogens with zero attached hydrogens (tertiary/aromatic N) is 1. The highest BCUT2D eigenvalue weighted by atomic mass is 19.1. The van der Waals surface area contributed by atoms with Gasteiger partial charge in [-0.25, -0.2) is 8.78 Å². The van der Waals surface area contributed by atoms with Gasteiger partial charge in [0.15, 0.2) is 0 Å². The van der Waals surface area contributed by atoms with Crippen LogP contribution in [0.5, 0.6) is 5.75 Å². The van der Waals surface area contributed by atoms with Gasteiger partial charge in [0, 0.05) is 11.3 Å². The number of ether oxygens (including phenoxy) is 1. The maximum Gasteiger partial charge on any atom is 0.300 e. The highest BCUT2D eigenvalue weighted by Gasteiger charge is 2.47. The van der Waals surface area contributed by atoms with E-state index in [-0.39, 0.29) is 17.0 Å². The van der Waals surface area contributed by atoms with Crippen molar-refractivity contribution in [1.29, 1.82) is 0 Å². The molecule has 1 unspecified atom stereocenters. The molecule has 0 saturated carbocycles. The standard InChI is InChI=1S/C26H21F2NO4/c1-3-33-21-12-9-17(13-15(21)2)24(30)22-23(16-7-10-18(27)11-8-16)29(26(32)25(22)31)20-6-4-5-19(28)14-20/h4-14,23,30H,3H2,1-2H3/b24-22+. The van der Waals surface area contributed by atoms with Gasteiger partial charge in [-0.1, -0.05) is 18.2 Å². The number of amides is 1. The summed E-state index contributed by atoms with van der Waals surface area (Å²) in [7, 11) is 0. The number of carbonyl (C=O) groups is 2. The molecule has 0 spiro atoms. The number of anilines is 1. The van der Waals surface area contributed by atoms with Crippen molar-refractivity contribution < 1.29 is 28.2 Å². The third-order valence-corrected chi connectivity index (χ3v) is 5.46. The lowest BCUT2D eigenvalue weighted by molar-refractivity contribution is -0.132. The molecule has 0 aliphatic carbocycles. The van der Waals surface area contributed by atoms with Crippen molar-refractivity contribution in [2.75, 3.05) is 11.5 Å². The number of hydrogen-bond acceptors (Lipinski definition) is 4. The van der Waals surface area contributed by atoms with Crippen LogP contribution in [0, 0.1) is 18.6 Å². The second-order valence-electron chi connectivity index (χ2n) is 7.61. The Balaban J connectivity index is 1.91. The number of aliphatic hydroxyl groups is 1. The number of halogens is 2. The molecule has 0 aromatic heterocycles. The zero-order valence-corrected chi connectivity index (χ0v) is 18.0. The summed E-state index contributed by atoms with van der Waals surface area (Å²) in [6, 6.07) is 14.3. The number of Topliss-reactive ketones (excluding diaryl/α,β-unsaturated/α-hetero) is 1. The van der Waals surface area contributed by atoms with E-state index in [0.29, 0.717) is 23.5 Å². The van der Waals surface area contributed by atoms with Crippen LogP contribution < -0.4 is 9.64 Å². The molecule has 1 heterocycles. The molecule has 7 heteroatoms. The van der Waals surface area contributed by atoms with E-state index in [9.17, 15) is 23.5 Å². The molecule has 3 aromatic carbocycles. The molecule has 1 fully saturated rings. The summed E-state index contributed by atoms with van der Waals surface area (Å²) in [4.78, 5) is 27.2. The van der Waals surface area contributed by atoms with E-state index >= 15 is 0 Å². The number of benzene rings is 3. The van der Waals surface area contributed by atoms with Crippen LogP contribution in [-0.2, 0) is 9.59 Å². The summed E-state index contributed by atoms with van der Waals surface area (Å²) >= 11 is 0. The highest BCUT2D eigenvalue weighted by molar-refractivity contribution is 6.51. The first-order valence-electron chi connectivity index (χ1n) is 10.4. The van der Waals surface area contributed by atoms with Crippen LogP contribution in [0.3, 0.4) is 0 Å². The van der Waals surface area contributed by atoms with Crippen molar-refractivity contribution in [2.45, 2.75) is 19.9 Å². The Hall–Kier alpha value is -4.00. The first-order valence-corrected chi connectivity index (χ1v) is 10.4. The van der Waals surface area contributed by atoms with Crippen molar-refractivity contribution in [3.05, 3.63) is 101 Å². The molecule has 4 rings (SSSR count). The fourth-order valence-corrected chi connectivity index (χ4v) is 3.95. The van der Waals surface area contributed by atoms with Crippen LogP contribution >= 0.6 is 0 Å². The van der Waals surface area contributed by atoms with E-state index in [1.54, 1.807) is 25.1 Å². The second kappa shape index (κ2) is 8.86. The smallest absolute Gasteiger partial charge is 0.300 e. The van der Waals surface area contributed by atoms with Gasteiger partial charge >= 0.3 is 0 Å². The fraction of sp³-hybridized carbons (Fsp3) is 0.154. The Bertz CT molecular complexity index is 1270. The SMILES string of the molecule is CCOc1ccc(/C(O)=C2\C(=O)C(=O)N(c3cccc(F)c3)C2c2ccc(F)cc2)cc1C. The average Bonchev–Trinajstić information content (AvgIpc) is 3.06. The number of aryl methyl sites for hydroxylation is 1. The lowest BCUT2D eigenvalue weighted by atomic mass is 9.94. The molecule has 1 aliphatic heterocycles. The van der Waals surface area contributed by atoms with E-state index in [4.69, 9.17) is 4.74 Å². The summed E-state index contributed by atoms with van der Waals surface area (Å²) in [6.45, 7) is 4.12. The van der Waals surface area contributed by atoms with Crippen LogP contribution in [0.2, 0.25) is 0 Å². The lowest BCUT2D eigenvalue weighted by Crippen LogP contribution is -2.29. The Labute approximate surface area is 189 Å². The fourth-order valence-electron chi connectivity index (χ4n) is 3.95. The Kier molecular flexibility index (Phi) is 5.96. The third kappa shape index (κ3) is 4.09. The van der Waals surface area contributed by atoms with E-state index in [1.807, 2.05) is 6.92 Å². The first-order chi connectivity index (χ1) is 15.8. The minimum absolute atomic E-state index is 0.147. The van der Waals surface area contributed by atoms with Gasteiger partial charge in [-0.15, -0.1) is 0 Å². The summed E-state index contributed by atoms with van der Waals surface area (Å²) in [5.41, 5.74) is 1.43. The molecule has 1 amide bonds. The topological polar surface area (TPSA) is 66.8 Å². The van der Waals surface area contributed by atoms with Crippen molar-refractivity contribution in [2.24, 2.45) is 0 Å². The molecule has 5 nitrogen and oxygen atoms in total. The van der Waals surface area contributed by atoms with Crippen LogP contribution in [0.25, 0.3) is 5.76 Å². The molecule has 33 heavy (non-hydrogen) atoms. The second-order valence-corrected chi connectivity index (χ2v) is 7.61. The number of aliphatic hydroxyl groups excluding tert-OH is 1. The number of ketones is 1. The molecular formula is C26H21F2NO4. The summed E-state index contributed by atoms with van der Waals surface area (Å²) < 4.78 is 33.1. The van der Waals surface area contributed by atoms with Gasteiger partial charge in [-0.2, -0.15) is 0 Å². The largest absolute Gasteiger partial charge is 0.507 e. The van der Waals surface area contributed by atoms with Crippen molar-refractivity contribution in [1.82, 2.24) is 0 Å². The molecular weight excluding hydrogens is 428 g/mol. The zero-order chi connectivity index (χ0) is 23.7. The van der Waals surface area contributed by atoms with Gasteiger partial charge in [0.2, 0.25) is 0 Å². The first kappa shape index (κ1) is 22.2. The third-order valence-electron chi connectivity index (χ3n) is 5.46. The minimum Gasteiger partial charge on any atom is -0.507 e. The summed E-state index contributed by atoms with van der Waals surface area (Å²) in [6.07, 6.45) is 0. The summed E-state index contributed by atoms with van der Waals surface area (Å²) in [5, 5.41) is 11.2. The molecule has 1 saturated heterocycles. The molecule has 0 radical (unpaired) electrons. The van der Waals surface area contributed by atoms with Gasteiger partial charge in [0.25, 0.3) is 11.7 Å². The Morgan fingerprint density at radius 3 is 2.36 bits per heavy atom. The van der Waals surface area contributed by atoms with E-state index in [0.717, 1.165) is 16.5 Å². The monoisotopic (exact) mass is 449 g/mol. The van der Waals surface area contributed by atoms with Crippen molar-refractivity contribution in [3.63, 3.8) is 0 Å². The van der Waals surface area contributed by atoms with Gasteiger partial charge in [-0.3, -0.25) is 14.5 Å². The highest BCUT2D eigenvalue weighted by Crippen LogP contribution is 2.42.